The van der Waals surface area contributed by atoms with E-state index in [1.165, 1.54) is 0 Å². The number of ether oxygens (including phenoxy) is 1. The van der Waals surface area contributed by atoms with E-state index >= 15 is 0 Å². The molecule has 1 aromatic rings. The van der Waals surface area contributed by atoms with Crippen LogP contribution in [0.4, 0.5) is 4.79 Å². The van der Waals surface area contributed by atoms with E-state index in [0.29, 0.717) is 18.0 Å². The Morgan fingerprint density at radius 3 is 2.75 bits per heavy atom. The number of carbonyl (C=O) groups is 1. The lowest BCUT2D eigenvalue weighted by Gasteiger charge is -2.36. The first kappa shape index (κ1) is 19.1. The summed E-state index contributed by atoms with van der Waals surface area (Å²) in [7, 11) is -1.42. The second-order valence-corrected chi connectivity index (χ2v) is 8.73. The largest absolute Gasteiger partial charge is 0.444 e. The Bertz CT molecular complexity index is 613. The average molecular weight is 374 g/mol. The van der Waals surface area contributed by atoms with Crippen LogP contribution in [0.2, 0.25) is 5.15 Å². The lowest BCUT2D eigenvalue weighted by Crippen LogP contribution is -2.48. The SMILES string of the molecule is Cc1cc(Cl)nc([S@](=O)C[C@@H]2CCCCN2C(=O)OC(C)(C)C)n1. The van der Waals surface area contributed by atoms with E-state index in [9.17, 15) is 9.00 Å². The van der Waals surface area contributed by atoms with Crippen molar-refractivity contribution in [2.24, 2.45) is 0 Å². The number of hydrogen-bond donors (Lipinski definition) is 0. The van der Waals surface area contributed by atoms with Gasteiger partial charge in [0.05, 0.1) is 16.6 Å². The van der Waals surface area contributed by atoms with Crippen LogP contribution in [0.15, 0.2) is 11.2 Å². The van der Waals surface area contributed by atoms with Crippen molar-refractivity contribution in [3.63, 3.8) is 0 Å². The zero-order valence-corrected chi connectivity index (χ0v) is 16.1. The first-order valence-electron chi connectivity index (χ1n) is 8.05. The molecule has 0 aliphatic carbocycles. The van der Waals surface area contributed by atoms with E-state index < -0.39 is 16.4 Å². The molecule has 0 saturated carbocycles. The second kappa shape index (κ2) is 7.78. The maximum Gasteiger partial charge on any atom is 0.410 e. The van der Waals surface area contributed by atoms with Crippen LogP contribution in [-0.2, 0) is 15.5 Å². The van der Waals surface area contributed by atoms with E-state index in [1.54, 1.807) is 17.9 Å². The molecule has 0 bridgehead atoms. The highest BCUT2D eigenvalue weighted by molar-refractivity contribution is 7.84. The highest BCUT2D eigenvalue weighted by atomic mass is 35.5. The number of aryl methyl sites for hydroxylation is 1. The van der Waals surface area contributed by atoms with E-state index in [-0.39, 0.29) is 22.4 Å². The summed E-state index contributed by atoms with van der Waals surface area (Å²) in [5.74, 6) is 0.291. The molecule has 1 aliphatic rings. The molecule has 6 nitrogen and oxygen atoms in total. The summed E-state index contributed by atoms with van der Waals surface area (Å²) in [5.41, 5.74) is 0.122. The Morgan fingerprint density at radius 2 is 2.12 bits per heavy atom. The number of likely N-dealkylation sites (tertiary alicyclic amines) is 1. The monoisotopic (exact) mass is 373 g/mol. The molecule has 2 rings (SSSR count). The lowest BCUT2D eigenvalue weighted by molar-refractivity contribution is 0.0125. The van der Waals surface area contributed by atoms with Crippen LogP contribution in [0.25, 0.3) is 0 Å². The van der Waals surface area contributed by atoms with Gasteiger partial charge in [0.15, 0.2) is 0 Å². The zero-order valence-electron chi connectivity index (χ0n) is 14.5. The van der Waals surface area contributed by atoms with Crippen molar-refractivity contribution in [3.8, 4) is 0 Å². The van der Waals surface area contributed by atoms with E-state index in [1.807, 2.05) is 20.8 Å². The van der Waals surface area contributed by atoms with Crippen molar-refractivity contribution in [1.82, 2.24) is 14.9 Å². The quantitative estimate of drug-likeness (QED) is 0.600. The molecule has 2 heterocycles. The van der Waals surface area contributed by atoms with Crippen molar-refractivity contribution in [2.45, 2.75) is 63.8 Å². The second-order valence-electron chi connectivity index (χ2n) is 6.95. The Kier molecular flexibility index (Phi) is 6.20. The molecule has 0 spiro atoms. The van der Waals surface area contributed by atoms with Crippen LogP contribution >= 0.6 is 11.6 Å². The third kappa shape index (κ3) is 5.41. The van der Waals surface area contributed by atoms with Crippen LogP contribution in [0.1, 0.15) is 45.7 Å². The van der Waals surface area contributed by atoms with Crippen LogP contribution in [0.3, 0.4) is 0 Å². The fourth-order valence-electron chi connectivity index (χ4n) is 2.59. The number of piperidine rings is 1. The summed E-state index contributed by atoms with van der Waals surface area (Å²) < 4.78 is 18.1. The molecule has 1 saturated heterocycles. The molecule has 24 heavy (non-hydrogen) atoms. The number of hydrogen-bond acceptors (Lipinski definition) is 5. The standard InChI is InChI=1S/C16H24ClN3O3S/c1-11-9-13(17)19-14(18-11)24(22)10-12-7-5-6-8-20(12)15(21)23-16(2,3)4/h9,12H,5-8,10H2,1-4H3/t12-,24+/m0/s1. The van der Waals surface area contributed by atoms with Gasteiger partial charge in [0, 0.05) is 18.3 Å². The van der Waals surface area contributed by atoms with E-state index in [4.69, 9.17) is 16.3 Å². The Balaban J connectivity index is 2.10. The number of halogens is 1. The molecule has 0 radical (unpaired) electrons. The highest BCUT2D eigenvalue weighted by Crippen LogP contribution is 2.22. The van der Waals surface area contributed by atoms with Gasteiger partial charge < -0.3 is 9.64 Å². The van der Waals surface area contributed by atoms with Crippen molar-refractivity contribution >= 4 is 28.5 Å². The van der Waals surface area contributed by atoms with Crippen molar-refractivity contribution < 1.29 is 13.7 Å². The van der Waals surface area contributed by atoms with Gasteiger partial charge in [0.2, 0.25) is 5.16 Å². The van der Waals surface area contributed by atoms with E-state index in [0.717, 1.165) is 19.3 Å². The molecule has 134 valence electrons. The molecule has 1 aliphatic heterocycles. The van der Waals surface area contributed by atoms with Crippen LogP contribution in [0.5, 0.6) is 0 Å². The lowest BCUT2D eigenvalue weighted by atomic mass is 10.0. The fraction of sp³-hybridized carbons (Fsp3) is 0.688. The Morgan fingerprint density at radius 1 is 1.42 bits per heavy atom. The molecule has 8 heteroatoms. The maximum atomic E-state index is 12.6. The van der Waals surface area contributed by atoms with Gasteiger partial charge in [-0.25, -0.2) is 14.8 Å². The van der Waals surface area contributed by atoms with Gasteiger partial charge in [-0.2, -0.15) is 0 Å². The number of nitrogens with zero attached hydrogens (tertiary/aromatic N) is 3. The predicted molar refractivity (Wildman–Crippen MR) is 93.6 cm³/mol. The predicted octanol–water partition coefficient (Wildman–Crippen LogP) is 3.34. The molecular formula is C16H24ClN3O3S. The van der Waals surface area contributed by atoms with Gasteiger partial charge in [-0.05, 0) is 53.0 Å². The minimum Gasteiger partial charge on any atom is -0.444 e. The number of aromatic nitrogens is 2. The maximum absolute atomic E-state index is 12.6. The minimum absolute atomic E-state index is 0.141. The van der Waals surface area contributed by atoms with Crippen molar-refractivity contribution in [1.29, 1.82) is 0 Å². The summed E-state index contributed by atoms with van der Waals surface area (Å²) in [6.07, 6.45) is 2.36. The number of amides is 1. The summed E-state index contributed by atoms with van der Waals surface area (Å²) in [6, 6.07) is 1.48. The molecular weight excluding hydrogens is 350 g/mol. The van der Waals surface area contributed by atoms with Gasteiger partial charge in [0.25, 0.3) is 0 Å². The summed E-state index contributed by atoms with van der Waals surface area (Å²) in [4.78, 5) is 22.3. The van der Waals surface area contributed by atoms with Crippen molar-refractivity contribution in [2.75, 3.05) is 12.3 Å². The first-order valence-corrected chi connectivity index (χ1v) is 9.74. The third-order valence-electron chi connectivity index (χ3n) is 3.60. The molecule has 0 N–H and O–H groups in total. The van der Waals surface area contributed by atoms with Gasteiger partial charge >= 0.3 is 6.09 Å². The number of rotatable bonds is 3. The minimum atomic E-state index is -1.42. The molecule has 2 atom stereocenters. The smallest absolute Gasteiger partial charge is 0.410 e. The van der Waals surface area contributed by atoms with Gasteiger partial charge in [-0.1, -0.05) is 11.6 Å². The van der Waals surface area contributed by atoms with Gasteiger partial charge in [0.1, 0.15) is 10.8 Å². The normalized spacial score (nSPS) is 19.9. The van der Waals surface area contributed by atoms with Gasteiger partial charge in [-0.3, -0.25) is 4.21 Å². The van der Waals surface area contributed by atoms with Crippen LogP contribution in [-0.4, -0.2) is 49.1 Å². The summed E-state index contributed by atoms with van der Waals surface area (Å²) in [5, 5.41) is 0.494. The molecule has 0 unspecified atom stereocenters. The average Bonchev–Trinajstić information content (AvgIpc) is 2.44. The summed E-state index contributed by atoms with van der Waals surface area (Å²) in [6.45, 7) is 7.91. The highest BCUT2D eigenvalue weighted by Gasteiger charge is 2.32. The summed E-state index contributed by atoms with van der Waals surface area (Å²) >= 11 is 5.92. The van der Waals surface area contributed by atoms with E-state index in [2.05, 4.69) is 9.97 Å². The topological polar surface area (TPSA) is 72.4 Å². The molecule has 1 amide bonds. The number of carbonyl (C=O) groups excluding carboxylic acids is 1. The molecule has 1 fully saturated rings. The van der Waals surface area contributed by atoms with Crippen LogP contribution < -0.4 is 0 Å². The van der Waals surface area contributed by atoms with Crippen molar-refractivity contribution in [3.05, 3.63) is 16.9 Å². The molecule has 1 aromatic heterocycles. The third-order valence-corrected chi connectivity index (χ3v) is 5.08. The molecule has 0 aromatic carbocycles. The fourth-order valence-corrected chi connectivity index (χ4v) is 4.17. The Hall–Kier alpha value is -1.21. The Labute approximate surface area is 150 Å². The van der Waals surface area contributed by atoms with Gasteiger partial charge in [-0.15, -0.1) is 0 Å². The first-order chi connectivity index (χ1) is 11.2. The van der Waals surface area contributed by atoms with Crippen LogP contribution in [0, 0.1) is 6.92 Å². The zero-order chi connectivity index (χ0) is 17.9.